The summed E-state index contributed by atoms with van der Waals surface area (Å²) in [6.45, 7) is 12.8. The Labute approximate surface area is 89.0 Å². The second-order valence-electron chi connectivity index (χ2n) is 5.19. The maximum Gasteiger partial charge on any atom is 0.191 e. The van der Waals surface area contributed by atoms with E-state index in [1.165, 1.54) is 0 Å². The van der Waals surface area contributed by atoms with Crippen molar-refractivity contribution in [1.29, 1.82) is 0 Å². The second-order valence-corrected chi connectivity index (χ2v) is 10.00. The van der Waals surface area contributed by atoms with Crippen molar-refractivity contribution < 1.29 is 9.26 Å². The van der Waals surface area contributed by atoms with Crippen molar-refractivity contribution in [2.45, 2.75) is 51.7 Å². The average Bonchev–Trinajstić information content (AvgIpc) is 2.02. The minimum absolute atomic E-state index is 0.303. The van der Waals surface area contributed by atoms with Crippen LogP contribution in [0.3, 0.4) is 0 Å². The first-order chi connectivity index (χ1) is 6.31. The van der Waals surface area contributed by atoms with Crippen LogP contribution in [0.25, 0.3) is 0 Å². The number of rotatable bonds is 6. The van der Waals surface area contributed by atoms with Gasteiger partial charge in [-0.25, -0.2) is 5.90 Å². The summed E-state index contributed by atoms with van der Waals surface area (Å²) in [5.41, 5.74) is 0. The molecular formula is C10H25NO2Si. The van der Waals surface area contributed by atoms with Gasteiger partial charge in [0.1, 0.15) is 0 Å². The Hall–Kier alpha value is 0.0969. The van der Waals surface area contributed by atoms with Crippen LogP contribution in [0.5, 0.6) is 0 Å². The molecule has 3 nitrogen and oxygen atoms in total. The molecule has 0 heterocycles. The van der Waals surface area contributed by atoms with Gasteiger partial charge in [-0.1, -0.05) is 20.8 Å². The molecule has 0 aliphatic carbocycles. The summed E-state index contributed by atoms with van der Waals surface area (Å²) in [4.78, 5) is 4.50. The van der Waals surface area contributed by atoms with Crippen molar-refractivity contribution in [2.75, 3.05) is 13.2 Å². The van der Waals surface area contributed by atoms with Crippen LogP contribution < -0.4 is 5.90 Å². The maximum atomic E-state index is 5.98. The molecule has 0 saturated carbocycles. The third-order valence-corrected chi connectivity index (χ3v) is 7.46. The number of hydrogen-bond donors (Lipinski definition) is 1. The van der Waals surface area contributed by atoms with Crippen LogP contribution in [0.15, 0.2) is 0 Å². The van der Waals surface area contributed by atoms with Crippen LogP contribution in [-0.4, -0.2) is 21.5 Å². The van der Waals surface area contributed by atoms with E-state index in [-0.39, 0.29) is 0 Å². The van der Waals surface area contributed by atoms with E-state index in [0.717, 1.165) is 19.4 Å². The predicted molar refractivity (Wildman–Crippen MR) is 62.5 cm³/mol. The molecule has 0 aromatic rings. The van der Waals surface area contributed by atoms with Crippen LogP contribution in [0.4, 0.5) is 0 Å². The zero-order valence-corrected chi connectivity index (χ0v) is 11.2. The lowest BCUT2D eigenvalue weighted by atomic mass is 10.2. The third-order valence-electron chi connectivity index (χ3n) is 2.93. The Bertz CT molecular complexity index is 155. The molecule has 0 bridgehead atoms. The van der Waals surface area contributed by atoms with Crippen molar-refractivity contribution >= 4 is 8.32 Å². The molecule has 0 fully saturated rings. The summed E-state index contributed by atoms with van der Waals surface area (Å²) in [6.07, 6.45) is 2.01. The van der Waals surface area contributed by atoms with Crippen LogP contribution in [-0.2, 0) is 9.26 Å². The summed E-state index contributed by atoms with van der Waals surface area (Å²) in [5, 5.41) is 0.303. The Balaban J connectivity index is 3.67. The van der Waals surface area contributed by atoms with Gasteiger partial charge in [0.2, 0.25) is 0 Å². The first kappa shape index (κ1) is 14.1. The Morgan fingerprint density at radius 3 is 2.00 bits per heavy atom. The fraction of sp³-hybridized carbons (Fsp3) is 1.00. The fourth-order valence-corrected chi connectivity index (χ4v) is 1.92. The molecule has 2 N–H and O–H groups in total. The molecule has 0 radical (unpaired) electrons. The van der Waals surface area contributed by atoms with Gasteiger partial charge in [-0.2, -0.15) is 0 Å². The van der Waals surface area contributed by atoms with E-state index in [1.54, 1.807) is 0 Å². The molecule has 0 aromatic carbocycles. The van der Waals surface area contributed by atoms with Gasteiger partial charge in [-0.3, -0.25) is 0 Å². The van der Waals surface area contributed by atoms with Crippen molar-refractivity contribution in [3.05, 3.63) is 0 Å². The quantitative estimate of drug-likeness (QED) is 0.424. The van der Waals surface area contributed by atoms with Crippen LogP contribution >= 0.6 is 0 Å². The second kappa shape index (κ2) is 5.85. The molecule has 0 rings (SSSR count). The summed E-state index contributed by atoms with van der Waals surface area (Å²) >= 11 is 0. The van der Waals surface area contributed by atoms with Gasteiger partial charge >= 0.3 is 0 Å². The number of hydrogen-bond acceptors (Lipinski definition) is 3. The highest BCUT2D eigenvalue weighted by atomic mass is 28.4. The van der Waals surface area contributed by atoms with Crippen LogP contribution in [0, 0.1) is 0 Å². The smallest absolute Gasteiger partial charge is 0.191 e. The molecule has 14 heavy (non-hydrogen) atoms. The third kappa shape index (κ3) is 5.10. The van der Waals surface area contributed by atoms with E-state index in [2.05, 4.69) is 38.7 Å². The van der Waals surface area contributed by atoms with E-state index in [4.69, 9.17) is 10.3 Å². The molecule has 0 aliphatic heterocycles. The standard InChI is InChI=1S/C10H25NO2Si/c1-10(2,3)14(4,5)13-9-7-6-8-12-11/h6-9,11H2,1-5H3. The predicted octanol–water partition coefficient (Wildman–Crippen LogP) is 2.68. The molecule has 0 unspecified atom stereocenters. The van der Waals surface area contributed by atoms with Gasteiger partial charge in [0.15, 0.2) is 8.32 Å². The normalized spacial score (nSPS) is 13.3. The molecule has 0 aromatic heterocycles. The highest BCUT2D eigenvalue weighted by Gasteiger charge is 2.36. The molecule has 0 amide bonds. The highest BCUT2D eigenvalue weighted by Crippen LogP contribution is 2.36. The molecule has 0 saturated heterocycles. The fourth-order valence-electron chi connectivity index (χ4n) is 0.831. The van der Waals surface area contributed by atoms with E-state index in [1.807, 2.05) is 0 Å². The largest absolute Gasteiger partial charge is 0.417 e. The van der Waals surface area contributed by atoms with E-state index >= 15 is 0 Å². The zero-order valence-electron chi connectivity index (χ0n) is 10.2. The first-order valence-corrected chi connectivity index (χ1v) is 8.18. The van der Waals surface area contributed by atoms with Gasteiger partial charge in [0.25, 0.3) is 0 Å². The highest BCUT2D eigenvalue weighted by molar-refractivity contribution is 6.74. The van der Waals surface area contributed by atoms with Gasteiger partial charge in [0.05, 0.1) is 6.61 Å². The summed E-state index contributed by atoms with van der Waals surface area (Å²) in [5.74, 6) is 4.93. The molecule has 0 spiro atoms. The molecule has 0 aliphatic rings. The lowest BCUT2D eigenvalue weighted by Crippen LogP contribution is -2.41. The Morgan fingerprint density at radius 2 is 1.57 bits per heavy atom. The van der Waals surface area contributed by atoms with Gasteiger partial charge in [-0.15, -0.1) is 0 Å². The maximum absolute atomic E-state index is 5.98. The monoisotopic (exact) mass is 219 g/mol. The van der Waals surface area contributed by atoms with E-state index < -0.39 is 8.32 Å². The van der Waals surface area contributed by atoms with Gasteiger partial charge in [0, 0.05) is 6.61 Å². The van der Waals surface area contributed by atoms with Gasteiger partial charge in [-0.05, 0) is 31.0 Å². The SMILES string of the molecule is CC(C)(C)[Si](C)(C)OCCCCON. The topological polar surface area (TPSA) is 44.5 Å². The van der Waals surface area contributed by atoms with Crippen molar-refractivity contribution in [1.82, 2.24) is 0 Å². The molecule has 0 atom stereocenters. The summed E-state index contributed by atoms with van der Waals surface area (Å²) in [7, 11) is -1.54. The summed E-state index contributed by atoms with van der Waals surface area (Å²) in [6, 6.07) is 0. The molecule has 86 valence electrons. The average molecular weight is 219 g/mol. The Kier molecular flexibility index (Phi) is 5.89. The lowest BCUT2D eigenvalue weighted by molar-refractivity contribution is 0.129. The van der Waals surface area contributed by atoms with Crippen molar-refractivity contribution in [3.63, 3.8) is 0 Å². The number of nitrogens with two attached hydrogens (primary N) is 1. The van der Waals surface area contributed by atoms with Crippen molar-refractivity contribution in [2.24, 2.45) is 5.90 Å². The lowest BCUT2D eigenvalue weighted by Gasteiger charge is -2.36. The van der Waals surface area contributed by atoms with Crippen LogP contribution in [0.1, 0.15) is 33.6 Å². The number of unbranched alkanes of at least 4 members (excludes halogenated alkanes) is 1. The summed E-state index contributed by atoms with van der Waals surface area (Å²) < 4.78 is 5.98. The van der Waals surface area contributed by atoms with Gasteiger partial charge < -0.3 is 9.26 Å². The van der Waals surface area contributed by atoms with E-state index in [9.17, 15) is 0 Å². The minimum Gasteiger partial charge on any atom is -0.417 e. The van der Waals surface area contributed by atoms with E-state index in [0.29, 0.717) is 11.6 Å². The Morgan fingerprint density at radius 1 is 1.07 bits per heavy atom. The molecule has 4 heteroatoms. The van der Waals surface area contributed by atoms with Crippen molar-refractivity contribution in [3.8, 4) is 0 Å². The molecular weight excluding hydrogens is 194 g/mol. The minimum atomic E-state index is -1.54. The zero-order chi connectivity index (χ0) is 11.2. The first-order valence-electron chi connectivity index (χ1n) is 5.27. The van der Waals surface area contributed by atoms with Crippen LogP contribution in [0.2, 0.25) is 18.1 Å².